The molecule has 1 aromatic heterocycles. The van der Waals surface area contributed by atoms with E-state index in [0.29, 0.717) is 11.0 Å². The van der Waals surface area contributed by atoms with Crippen molar-refractivity contribution in [1.29, 1.82) is 0 Å². The van der Waals surface area contributed by atoms with Crippen LogP contribution in [-0.4, -0.2) is 22.0 Å². The minimum Gasteiger partial charge on any atom is -0.274 e. The van der Waals surface area contributed by atoms with Crippen LogP contribution in [-0.2, 0) is 15.3 Å². The van der Waals surface area contributed by atoms with Gasteiger partial charge in [-0.2, -0.15) is 0 Å². The van der Waals surface area contributed by atoms with Gasteiger partial charge < -0.3 is 0 Å². The lowest BCUT2D eigenvalue weighted by atomic mass is 9.96. The SMILES string of the molecule is CC(C)CC1CC(=O)N(c2nnc(SCc3ccccc3)s2)C1=O. The molecule has 1 unspecified atom stereocenters. The van der Waals surface area contributed by atoms with Gasteiger partial charge in [0.15, 0.2) is 4.34 Å². The molecule has 7 heteroatoms. The quantitative estimate of drug-likeness (QED) is 0.445. The molecule has 1 aliphatic heterocycles. The summed E-state index contributed by atoms with van der Waals surface area (Å²) in [5, 5.41) is 8.57. The second-order valence-electron chi connectivity index (χ2n) is 6.22. The number of carbonyl (C=O) groups excluding carboxylic acids is 2. The Morgan fingerprint density at radius 2 is 2.00 bits per heavy atom. The third-order valence-electron chi connectivity index (χ3n) is 3.79. The number of rotatable bonds is 6. The molecule has 2 aromatic rings. The molecule has 0 bridgehead atoms. The second kappa shape index (κ2) is 7.44. The average Bonchev–Trinajstić information content (AvgIpc) is 3.11. The number of imide groups is 1. The van der Waals surface area contributed by atoms with E-state index in [1.165, 1.54) is 21.8 Å². The van der Waals surface area contributed by atoms with Gasteiger partial charge in [0, 0.05) is 18.1 Å². The van der Waals surface area contributed by atoms with Crippen molar-refractivity contribution < 1.29 is 9.59 Å². The number of carbonyl (C=O) groups is 2. The summed E-state index contributed by atoms with van der Waals surface area (Å²) in [7, 11) is 0. The van der Waals surface area contributed by atoms with Crippen LogP contribution < -0.4 is 4.90 Å². The maximum atomic E-state index is 12.5. The van der Waals surface area contributed by atoms with E-state index in [9.17, 15) is 9.59 Å². The van der Waals surface area contributed by atoms with E-state index in [2.05, 4.69) is 36.2 Å². The van der Waals surface area contributed by atoms with E-state index in [1.807, 2.05) is 18.2 Å². The highest BCUT2D eigenvalue weighted by molar-refractivity contribution is 8.00. The van der Waals surface area contributed by atoms with Crippen LogP contribution in [0, 0.1) is 11.8 Å². The van der Waals surface area contributed by atoms with Gasteiger partial charge in [0.05, 0.1) is 0 Å². The maximum Gasteiger partial charge on any atom is 0.239 e. The highest BCUT2D eigenvalue weighted by atomic mass is 32.2. The molecule has 2 amide bonds. The molecule has 0 radical (unpaired) electrons. The van der Waals surface area contributed by atoms with Crippen LogP contribution in [0.15, 0.2) is 34.7 Å². The lowest BCUT2D eigenvalue weighted by molar-refractivity contribution is -0.122. The van der Waals surface area contributed by atoms with Crippen LogP contribution in [0.3, 0.4) is 0 Å². The van der Waals surface area contributed by atoms with Crippen molar-refractivity contribution in [2.75, 3.05) is 4.90 Å². The van der Waals surface area contributed by atoms with Crippen LogP contribution in [0.5, 0.6) is 0 Å². The fourth-order valence-corrected chi connectivity index (χ4v) is 4.54. The first-order chi connectivity index (χ1) is 11.5. The van der Waals surface area contributed by atoms with Crippen LogP contribution >= 0.6 is 23.1 Å². The summed E-state index contributed by atoms with van der Waals surface area (Å²) in [6.07, 6.45) is 1.01. The number of nitrogens with zero attached hydrogens (tertiary/aromatic N) is 3. The first-order valence-electron chi connectivity index (χ1n) is 7.91. The lowest BCUT2D eigenvalue weighted by Crippen LogP contribution is -2.30. The number of thioether (sulfide) groups is 1. The molecule has 126 valence electrons. The van der Waals surface area contributed by atoms with Crippen LogP contribution in [0.2, 0.25) is 0 Å². The van der Waals surface area contributed by atoms with Gasteiger partial charge in [0.1, 0.15) is 0 Å². The highest BCUT2D eigenvalue weighted by Gasteiger charge is 2.41. The number of hydrogen-bond acceptors (Lipinski definition) is 6. The van der Waals surface area contributed by atoms with E-state index in [1.54, 1.807) is 11.8 Å². The summed E-state index contributed by atoms with van der Waals surface area (Å²) in [4.78, 5) is 25.9. The largest absolute Gasteiger partial charge is 0.274 e. The highest BCUT2D eigenvalue weighted by Crippen LogP contribution is 2.35. The van der Waals surface area contributed by atoms with Crippen LogP contribution in [0.4, 0.5) is 5.13 Å². The first-order valence-corrected chi connectivity index (χ1v) is 9.72. The molecule has 5 nitrogen and oxygen atoms in total. The van der Waals surface area contributed by atoms with Crippen molar-refractivity contribution in [3.05, 3.63) is 35.9 Å². The van der Waals surface area contributed by atoms with Crippen molar-refractivity contribution in [2.45, 2.75) is 36.8 Å². The zero-order chi connectivity index (χ0) is 17.1. The van der Waals surface area contributed by atoms with Gasteiger partial charge >= 0.3 is 0 Å². The standard InChI is InChI=1S/C17H19N3O2S2/c1-11(2)8-13-9-14(21)20(15(13)22)16-18-19-17(24-16)23-10-12-6-4-3-5-7-12/h3-7,11,13H,8-10H2,1-2H3. The van der Waals surface area contributed by atoms with Crippen molar-refractivity contribution >= 4 is 40.0 Å². The first kappa shape index (κ1) is 17.1. The maximum absolute atomic E-state index is 12.5. The molecule has 1 saturated heterocycles. The Kier molecular flexibility index (Phi) is 5.30. The number of amides is 2. The van der Waals surface area contributed by atoms with Crippen molar-refractivity contribution in [3.63, 3.8) is 0 Å². The molecule has 1 fully saturated rings. The molecule has 0 N–H and O–H groups in total. The van der Waals surface area contributed by atoms with Crippen LogP contribution in [0.1, 0.15) is 32.3 Å². The number of benzene rings is 1. The number of aromatic nitrogens is 2. The zero-order valence-electron chi connectivity index (χ0n) is 13.6. The Morgan fingerprint density at radius 3 is 2.71 bits per heavy atom. The smallest absolute Gasteiger partial charge is 0.239 e. The Labute approximate surface area is 149 Å². The van der Waals surface area contributed by atoms with Gasteiger partial charge in [-0.15, -0.1) is 10.2 Å². The molecule has 0 saturated carbocycles. The molecule has 0 spiro atoms. The minimum atomic E-state index is -0.221. The lowest BCUT2D eigenvalue weighted by Gasteiger charge is -2.12. The van der Waals surface area contributed by atoms with Gasteiger partial charge in [0.2, 0.25) is 16.9 Å². The number of hydrogen-bond donors (Lipinski definition) is 0. The minimum absolute atomic E-state index is 0.135. The van der Waals surface area contributed by atoms with E-state index in [0.717, 1.165) is 16.5 Å². The van der Waals surface area contributed by atoms with Gasteiger partial charge in [0.25, 0.3) is 0 Å². The van der Waals surface area contributed by atoms with Gasteiger partial charge in [-0.25, -0.2) is 4.90 Å². The molecule has 2 heterocycles. The third kappa shape index (κ3) is 3.84. The fourth-order valence-electron chi connectivity index (χ4n) is 2.72. The topological polar surface area (TPSA) is 63.2 Å². The Hall–Kier alpha value is -1.73. The monoisotopic (exact) mass is 361 g/mol. The summed E-state index contributed by atoms with van der Waals surface area (Å²) in [5.74, 6) is 0.652. The van der Waals surface area contributed by atoms with Gasteiger partial charge in [-0.1, -0.05) is 67.3 Å². The summed E-state index contributed by atoms with van der Waals surface area (Å²) >= 11 is 2.87. The Morgan fingerprint density at radius 1 is 1.25 bits per heavy atom. The normalized spacial score (nSPS) is 18.0. The Balaban J connectivity index is 1.66. The van der Waals surface area contributed by atoms with E-state index in [4.69, 9.17) is 0 Å². The predicted molar refractivity (Wildman–Crippen MR) is 96.0 cm³/mol. The van der Waals surface area contributed by atoms with Gasteiger partial charge in [-0.3, -0.25) is 9.59 Å². The molecule has 1 atom stereocenters. The summed E-state index contributed by atoms with van der Waals surface area (Å²) < 4.78 is 0.766. The summed E-state index contributed by atoms with van der Waals surface area (Å²) in [6.45, 7) is 4.12. The summed E-state index contributed by atoms with van der Waals surface area (Å²) in [5.41, 5.74) is 1.20. The van der Waals surface area contributed by atoms with Crippen molar-refractivity contribution in [1.82, 2.24) is 10.2 Å². The molecule has 3 rings (SSSR count). The molecule has 0 aliphatic carbocycles. The molecule has 24 heavy (non-hydrogen) atoms. The second-order valence-corrected chi connectivity index (χ2v) is 8.40. The average molecular weight is 361 g/mol. The zero-order valence-corrected chi connectivity index (χ0v) is 15.3. The van der Waals surface area contributed by atoms with Crippen molar-refractivity contribution in [3.8, 4) is 0 Å². The third-order valence-corrected chi connectivity index (χ3v) is 5.90. The van der Waals surface area contributed by atoms with Crippen molar-refractivity contribution in [2.24, 2.45) is 11.8 Å². The molecule has 1 aliphatic rings. The Bertz CT molecular complexity index is 730. The van der Waals surface area contributed by atoms with E-state index < -0.39 is 0 Å². The predicted octanol–water partition coefficient (Wildman–Crippen LogP) is 3.76. The van der Waals surface area contributed by atoms with E-state index >= 15 is 0 Å². The van der Waals surface area contributed by atoms with E-state index in [-0.39, 0.29) is 24.2 Å². The molecule has 1 aromatic carbocycles. The van der Waals surface area contributed by atoms with Gasteiger partial charge in [-0.05, 0) is 17.9 Å². The molecular weight excluding hydrogens is 342 g/mol. The number of anilines is 1. The fraction of sp³-hybridized carbons (Fsp3) is 0.412. The van der Waals surface area contributed by atoms with Crippen LogP contribution in [0.25, 0.3) is 0 Å². The molecular formula is C17H19N3O2S2. The summed E-state index contributed by atoms with van der Waals surface area (Å²) in [6, 6.07) is 10.1.